The Hall–Kier alpha value is -2.19. The van der Waals surface area contributed by atoms with Gasteiger partial charge in [0.05, 0.1) is 0 Å². The monoisotopic (exact) mass is 271 g/mol. The number of para-hydroxylation sites is 1. The van der Waals surface area contributed by atoms with Crippen LogP contribution < -0.4 is 5.32 Å². The van der Waals surface area contributed by atoms with E-state index in [1.165, 1.54) is 12.1 Å². The van der Waals surface area contributed by atoms with Crippen LogP contribution in [0.25, 0.3) is 0 Å². The summed E-state index contributed by atoms with van der Waals surface area (Å²) in [6.45, 7) is 0. The number of carboxylic acids is 1. The number of carbonyl (C=O) groups excluding carboxylic acids is 1. The zero-order chi connectivity index (χ0) is 13.8. The third-order valence-electron chi connectivity index (χ3n) is 1.79. The summed E-state index contributed by atoms with van der Waals surface area (Å²) in [6.07, 6.45) is 0.296. The molecule has 0 heterocycles. The summed E-state index contributed by atoms with van der Waals surface area (Å²) in [7, 11) is -4.95. The number of carbonyl (C=O) groups is 2. The summed E-state index contributed by atoms with van der Waals surface area (Å²) in [4.78, 5) is 20.5. The van der Waals surface area contributed by atoms with E-state index in [4.69, 9.17) is 9.66 Å². The van der Waals surface area contributed by atoms with E-state index in [1.807, 2.05) is 0 Å². The lowest BCUT2D eigenvalue weighted by Crippen LogP contribution is -2.17. The van der Waals surface area contributed by atoms with Gasteiger partial charge >= 0.3 is 16.1 Å². The molecule has 0 fully saturated rings. The van der Waals surface area contributed by atoms with Gasteiger partial charge in [-0.1, -0.05) is 18.2 Å². The first kappa shape index (κ1) is 13.9. The van der Waals surface area contributed by atoms with Gasteiger partial charge in [0.15, 0.2) is 4.91 Å². The van der Waals surface area contributed by atoms with Crippen LogP contribution in [-0.4, -0.2) is 30.0 Å². The molecule has 0 aliphatic heterocycles. The lowest BCUT2D eigenvalue weighted by atomic mass is 10.3. The van der Waals surface area contributed by atoms with Gasteiger partial charge in [0.2, 0.25) is 5.91 Å². The fourth-order valence-electron chi connectivity index (χ4n) is 1.07. The van der Waals surface area contributed by atoms with Crippen molar-refractivity contribution in [3.63, 3.8) is 0 Å². The lowest BCUT2D eigenvalue weighted by Gasteiger charge is -2.02. The van der Waals surface area contributed by atoms with Gasteiger partial charge in [0.25, 0.3) is 0 Å². The van der Waals surface area contributed by atoms with Crippen molar-refractivity contribution in [3.8, 4) is 0 Å². The molecule has 0 spiro atoms. The van der Waals surface area contributed by atoms with Crippen LogP contribution in [0.15, 0.2) is 41.3 Å². The van der Waals surface area contributed by atoms with E-state index < -0.39 is 26.9 Å². The summed E-state index contributed by atoms with van der Waals surface area (Å²) in [5, 5.41) is 10.8. The van der Waals surface area contributed by atoms with E-state index in [2.05, 4.69) is 5.32 Å². The molecular weight excluding hydrogens is 262 g/mol. The number of rotatable bonds is 4. The largest absolute Gasteiger partial charge is 0.477 e. The Bertz CT molecular complexity index is 590. The number of hydrogen-bond donors (Lipinski definition) is 3. The van der Waals surface area contributed by atoms with Crippen molar-refractivity contribution in [2.24, 2.45) is 0 Å². The molecule has 0 bridgehead atoms. The molecular formula is C10H9NO6S. The molecule has 8 heteroatoms. The van der Waals surface area contributed by atoms with E-state index in [0.29, 0.717) is 11.8 Å². The minimum atomic E-state index is -4.95. The van der Waals surface area contributed by atoms with Crippen LogP contribution in [0.1, 0.15) is 0 Å². The molecule has 0 saturated carbocycles. The fourth-order valence-corrected chi connectivity index (χ4v) is 1.54. The number of aliphatic carboxylic acids is 1. The van der Waals surface area contributed by atoms with Gasteiger partial charge in [0, 0.05) is 11.8 Å². The molecule has 1 aromatic carbocycles. The van der Waals surface area contributed by atoms with Crippen LogP contribution in [0.3, 0.4) is 0 Å². The first-order chi connectivity index (χ1) is 8.30. The van der Waals surface area contributed by atoms with Gasteiger partial charge < -0.3 is 10.4 Å². The van der Waals surface area contributed by atoms with Crippen LogP contribution in [0.5, 0.6) is 0 Å². The third-order valence-corrected chi connectivity index (χ3v) is 2.64. The molecule has 0 aliphatic rings. The lowest BCUT2D eigenvalue weighted by molar-refractivity contribution is -0.132. The van der Waals surface area contributed by atoms with Crippen molar-refractivity contribution < 1.29 is 27.7 Å². The van der Waals surface area contributed by atoms with Crippen molar-refractivity contribution in [2.45, 2.75) is 0 Å². The highest BCUT2D eigenvalue weighted by atomic mass is 32.2. The molecule has 0 radical (unpaired) electrons. The summed E-state index contributed by atoms with van der Waals surface area (Å²) in [6, 6.07) is 8.01. The predicted molar refractivity (Wildman–Crippen MR) is 62.3 cm³/mol. The van der Waals surface area contributed by atoms with Gasteiger partial charge in [0.1, 0.15) is 0 Å². The first-order valence-electron chi connectivity index (χ1n) is 4.59. The van der Waals surface area contributed by atoms with Crippen LogP contribution in [-0.2, 0) is 19.7 Å². The minimum absolute atomic E-state index is 0.296. The topological polar surface area (TPSA) is 121 Å². The van der Waals surface area contributed by atoms with E-state index in [9.17, 15) is 18.0 Å². The average molecular weight is 271 g/mol. The molecule has 3 N–H and O–H groups in total. The molecule has 0 atom stereocenters. The highest BCUT2D eigenvalue weighted by molar-refractivity contribution is 7.90. The Balaban J connectivity index is 2.95. The van der Waals surface area contributed by atoms with Crippen LogP contribution in [0.4, 0.5) is 5.69 Å². The van der Waals surface area contributed by atoms with Crippen LogP contribution in [0, 0.1) is 0 Å². The Morgan fingerprint density at radius 3 is 2.17 bits per heavy atom. The van der Waals surface area contributed by atoms with E-state index in [0.717, 1.165) is 0 Å². The van der Waals surface area contributed by atoms with Crippen molar-refractivity contribution in [1.29, 1.82) is 0 Å². The number of amides is 1. The molecule has 96 valence electrons. The number of hydrogen-bond acceptors (Lipinski definition) is 4. The summed E-state index contributed by atoms with van der Waals surface area (Å²) in [5.74, 6) is -2.89. The molecule has 1 aromatic rings. The normalized spacial score (nSPS) is 11.9. The van der Waals surface area contributed by atoms with Crippen molar-refractivity contribution >= 4 is 27.7 Å². The standard InChI is InChI=1S/C10H9NO6S/c12-9(11-7-4-2-1-3-5-7)6-8(10(13)14)18(15,16)17/h1-6H,(H,11,12)(H,13,14)(H,15,16,17)/b8-6+. The maximum absolute atomic E-state index is 11.3. The van der Waals surface area contributed by atoms with Crippen molar-refractivity contribution in [3.05, 3.63) is 41.3 Å². The highest BCUT2D eigenvalue weighted by Gasteiger charge is 2.23. The van der Waals surface area contributed by atoms with E-state index >= 15 is 0 Å². The SMILES string of the molecule is O=C(/C=C(\C(=O)O)S(=O)(=O)O)Nc1ccccc1. The molecule has 0 aliphatic carbocycles. The molecule has 0 saturated heterocycles. The average Bonchev–Trinajstić information content (AvgIpc) is 2.25. The second kappa shape index (κ2) is 5.43. The Morgan fingerprint density at radius 2 is 1.72 bits per heavy atom. The Kier molecular flexibility index (Phi) is 4.18. The van der Waals surface area contributed by atoms with E-state index in [-0.39, 0.29) is 0 Å². The van der Waals surface area contributed by atoms with Gasteiger partial charge in [-0.2, -0.15) is 8.42 Å². The zero-order valence-electron chi connectivity index (χ0n) is 8.90. The first-order valence-corrected chi connectivity index (χ1v) is 6.03. The molecule has 18 heavy (non-hydrogen) atoms. The van der Waals surface area contributed by atoms with Gasteiger partial charge in [-0.25, -0.2) is 4.79 Å². The molecule has 0 unspecified atom stereocenters. The summed E-state index contributed by atoms with van der Waals surface area (Å²) in [5.41, 5.74) is 0.360. The Labute approximate surface area is 102 Å². The third kappa shape index (κ3) is 4.00. The highest BCUT2D eigenvalue weighted by Crippen LogP contribution is 2.08. The molecule has 1 rings (SSSR count). The van der Waals surface area contributed by atoms with Gasteiger partial charge in [-0.05, 0) is 12.1 Å². The predicted octanol–water partition coefficient (Wildman–Crippen LogP) is 0.481. The van der Waals surface area contributed by atoms with Crippen LogP contribution >= 0.6 is 0 Å². The number of benzene rings is 1. The second-order valence-electron chi connectivity index (χ2n) is 3.14. The van der Waals surface area contributed by atoms with Crippen molar-refractivity contribution in [2.75, 3.05) is 5.32 Å². The number of anilines is 1. The maximum Gasteiger partial charge on any atom is 0.350 e. The number of nitrogens with one attached hydrogen (secondary N) is 1. The Morgan fingerprint density at radius 1 is 1.17 bits per heavy atom. The zero-order valence-corrected chi connectivity index (χ0v) is 9.72. The summed E-state index contributed by atoms with van der Waals surface area (Å²) >= 11 is 0. The minimum Gasteiger partial charge on any atom is -0.477 e. The summed E-state index contributed by atoms with van der Waals surface area (Å²) < 4.78 is 30.0. The smallest absolute Gasteiger partial charge is 0.350 e. The van der Waals surface area contributed by atoms with Gasteiger partial charge in [-0.15, -0.1) is 0 Å². The van der Waals surface area contributed by atoms with Crippen LogP contribution in [0.2, 0.25) is 0 Å². The fraction of sp³-hybridized carbons (Fsp3) is 0. The number of carboxylic acid groups (broad SMARTS) is 1. The second-order valence-corrected chi connectivity index (χ2v) is 4.53. The molecule has 7 nitrogen and oxygen atoms in total. The van der Waals surface area contributed by atoms with E-state index in [1.54, 1.807) is 18.2 Å². The van der Waals surface area contributed by atoms with Crippen molar-refractivity contribution in [1.82, 2.24) is 0 Å². The molecule has 1 amide bonds. The quantitative estimate of drug-likeness (QED) is 0.541. The van der Waals surface area contributed by atoms with Gasteiger partial charge in [-0.3, -0.25) is 9.35 Å². The maximum atomic E-state index is 11.3. The molecule has 0 aromatic heterocycles.